The van der Waals surface area contributed by atoms with Crippen LogP contribution >= 0.6 is 0 Å². The minimum absolute atomic E-state index is 0.354. The summed E-state index contributed by atoms with van der Waals surface area (Å²) in [4.78, 5) is 0. The number of para-hydroxylation sites is 2. The molecular formula is C30H43N2O+. The highest BCUT2D eigenvalue weighted by atomic mass is 16.5. The second-order valence-corrected chi connectivity index (χ2v) is 10.9. The lowest BCUT2D eigenvalue weighted by Gasteiger charge is -2.35. The number of benzene rings is 2. The second kappa shape index (κ2) is 9.62. The predicted octanol–water partition coefficient (Wildman–Crippen LogP) is 6.95. The van der Waals surface area contributed by atoms with Crippen LogP contribution in [0.2, 0.25) is 0 Å². The molecule has 1 saturated carbocycles. The molecule has 3 heteroatoms. The molecule has 178 valence electrons. The van der Waals surface area contributed by atoms with E-state index in [9.17, 15) is 0 Å². The number of nitrogens with zero attached hydrogens (tertiary/aromatic N) is 2. The van der Waals surface area contributed by atoms with E-state index in [1.54, 1.807) is 0 Å². The molecule has 1 heterocycles. The third kappa shape index (κ3) is 4.62. The molecular weight excluding hydrogens is 404 g/mol. The summed E-state index contributed by atoms with van der Waals surface area (Å²) < 4.78 is 11.3. The summed E-state index contributed by atoms with van der Waals surface area (Å²) in [6.07, 6.45) is 6.44. The van der Waals surface area contributed by atoms with Crippen molar-refractivity contribution in [3.63, 3.8) is 0 Å². The van der Waals surface area contributed by atoms with Gasteiger partial charge in [0.05, 0.1) is 6.10 Å². The van der Waals surface area contributed by atoms with Crippen LogP contribution in [0.4, 0.5) is 0 Å². The van der Waals surface area contributed by atoms with Gasteiger partial charge in [0, 0.05) is 0 Å². The third-order valence-corrected chi connectivity index (χ3v) is 8.80. The first-order chi connectivity index (χ1) is 15.7. The van der Waals surface area contributed by atoms with Crippen molar-refractivity contribution in [2.75, 3.05) is 0 Å². The minimum atomic E-state index is 0.354. The van der Waals surface area contributed by atoms with Crippen LogP contribution in [0, 0.1) is 52.4 Å². The quantitative estimate of drug-likeness (QED) is 0.374. The molecule has 0 saturated heterocycles. The molecule has 0 amide bonds. The van der Waals surface area contributed by atoms with Crippen molar-refractivity contribution in [1.29, 1.82) is 0 Å². The molecule has 1 aliphatic carbocycles. The first kappa shape index (κ1) is 24.0. The van der Waals surface area contributed by atoms with Crippen molar-refractivity contribution in [3.05, 3.63) is 64.0 Å². The average molecular weight is 448 g/mol. The molecule has 3 aromatic rings. The zero-order valence-corrected chi connectivity index (χ0v) is 22.0. The van der Waals surface area contributed by atoms with Gasteiger partial charge in [0.2, 0.25) is 6.33 Å². The van der Waals surface area contributed by atoms with Crippen LogP contribution in [-0.2, 0) is 18.0 Å². The first-order valence-corrected chi connectivity index (χ1v) is 12.8. The number of hydrogen-bond donors (Lipinski definition) is 0. The van der Waals surface area contributed by atoms with Crippen molar-refractivity contribution < 1.29 is 9.30 Å². The fourth-order valence-electron chi connectivity index (χ4n) is 5.78. The van der Waals surface area contributed by atoms with Gasteiger partial charge in [-0.25, -0.2) is 9.13 Å². The van der Waals surface area contributed by atoms with E-state index in [1.807, 2.05) is 0 Å². The predicted molar refractivity (Wildman–Crippen MR) is 138 cm³/mol. The second-order valence-electron chi connectivity index (χ2n) is 10.9. The Bertz CT molecular complexity index is 1110. The Hall–Kier alpha value is -2.13. The van der Waals surface area contributed by atoms with Crippen molar-refractivity contribution in [1.82, 2.24) is 4.57 Å². The number of imidazole rings is 1. The van der Waals surface area contributed by atoms with Crippen molar-refractivity contribution >= 4 is 11.0 Å². The van der Waals surface area contributed by atoms with E-state index < -0.39 is 0 Å². The summed E-state index contributed by atoms with van der Waals surface area (Å²) in [5, 5.41) is 0. The fraction of sp³-hybridized carbons (Fsp3) is 0.567. The zero-order valence-electron chi connectivity index (χ0n) is 22.0. The van der Waals surface area contributed by atoms with E-state index >= 15 is 0 Å². The van der Waals surface area contributed by atoms with Crippen LogP contribution in [0.1, 0.15) is 73.4 Å². The maximum Gasteiger partial charge on any atom is 0.246 e. The smallest absolute Gasteiger partial charge is 0.246 e. The van der Waals surface area contributed by atoms with Crippen molar-refractivity contribution in [2.24, 2.45) is 17.8 Å². The Morgan fingerprint density at radius 1 is 0.939 bits per heavy atom. The van der Waals surface area contributed by atoms with Gasteiger partial charge in [0.15, 0.2) is 17.8 Å². The van der Waals surface area contributed by atoms with Crippen LogP contribution in [0.5, 0.6) is 0 Å². The average Bonchev–Trinajstić information content (AvgIpc) is 3.16. The van der Waals surface area contributed by atoms with Gasteiger partial charge in [-0.05, 0) is 117 Å². The lowest BCUT2D eigenvalue weighted by atomic mass is 9.76. The first-order valence-electron chi connectivity index (χ1n) is 12.8. The maximum absolute atomic E-state index is 6.58. The van der Waals surface area contributed by atoms with Gasteiger partial charge in [-0.1, -0.05) is 32.9 Å². The van der Waals surface area contributed by atoms with Gasteiger partial charge in [0.25, 0.3) is 0 Å². The fourth-order valence-corrected chi connectivity index (χ4v) is 5.78. The number of aromatic nitrogens is 2. The van der Waals surface area contributed by atoms with E-state index in [2.05, 4.69) is 95.1 Å². The van der Waals surface area contributed by atoms with E-state index in [1.165, 1.54) is 63.7 Å². The number of ether oxygens (including phenoxy) is 1. The summed E-state index contributed by atoms with van der Waals surface area (Å²) in [6, 6.07) is 8.74. The molecule has 4 rings (SSSR count). The van der Waals surface area contributed by atoms with E-state index in [0.717, 1.165) is 18.4 Å². The van der Waals surface area contributed by atoms with E-state index in [0.29, 0.717) is 18.8 Å². The van der Waals surface area contributed by atoms with Gasteiger partial charge in [-0.3, -0.25) is 0 Å². The number of fused-ring (bicyclic) bond motifs is 1. The standard InChI is InChI=1S/C30H43N2O/c1-19(2)26-14-13-20(3)30(15-26)33-18-32-17-31(28-11-9-10-12-29(28)32)16-27-24(7)22(5)21(4)23(6)25(27)8/h9-12,17,19-20,26,30H,13-16,18H2,1-8H3/q+1/t20-,26+,30-/m0/s1. The molecule has 0 radical (unpaired) electrons. The lowest BCUT2D eigenvalue weighted by Crippen LogP contribution is -2.34. The summed E-state index contributed by atoms with van der Waals surface area (Å²) in [5.41, 5.74) is 11.1. The van der Waals surface area contributed by atoms with Crippen LogP contribution in [-0.4, -0.2) is 10.7 Å². The van der Waals surface area contributed by atoms with Crippen LogP contribution in [0.15, 0.2) is 30.6 Å². The van der Waals surface area contributed by atoms with Crippen LogP contribution < -0.4 is 4.57 Å². The minimum Gasteiger partial charge on any atom is -0.338 e. The molecule has 1 aliphatic rings. The molecule has 3 atom stereocenters. The normalized spacial score (nSPS) is 21.3. The monoisotopic (exact) mass is 447 g/mol. The molecule has 0 bridgehead atoms. The highest BCUT2D eigenvalue weighted by Gasteiger charge is 2.30. The number of rotatable bonds is 6. The highest BCUT2D eigenvalue weighted by molar-refractivity contribution is 5.71. The molecule has 0 spiro atoms. The van der Waals surface area contributed by atoms with Gasteiger partial charge in [-0.2, -0.15) is 0 Å². The Labute approximate surface area is 200 Å². The summed E-state index contributed by atoms with van der Waals surface area (Å²) in [5.74, 6) is 2.17. The summed E-state index contributed by atoms with van der Waals surface area (Å²) in [7, 11) is 0. The summed E-state index contributed by atoms with van der Waals surface area (Å²) >= 11 is 0. The van der Waals surface area contributed by atoms with Crippen molar-refractivity contribution in [2.45, 2.75) is 94.0 Å². The van der Waals surface area contributed by atoms with E-state index in [-0.39, 0.29) is 0 Å². The third-order valence-electron chi connectivity index (χ3n) is 8.80. The molecule has 3 nitrogen and oxygen atoms in total. The van der Waals surface area contributed by atoms with Crippen LogP contribution in [0.3, 0.4) is 0 Å². The number of hydrogen-bond acceptors (Lipinski definition) is 1. The van der Waals surface area contributed by atoms with Gasteiger partial charge in [-0.15, -0.1) is 0 Å². The molecule has 2 aromatic carbocycles. The Morgan fingerprint density at radius 2 is 1.58 bits per heavy atom. The van der Waals surface area contributed by atoms with Crippen molar-refractivity contribution in [3.8, 4) is 0 Å². The largest absolute Gasteiger partial charge is 0.338 e. The topological polar surface area (TPSA) is 18.0 Å². The van der Waals surface area contributed by atoms with Crippen LogP contribution in [0.25, 0.3) is 11.0 Å². The molecule has 1 aromatic heterocycles. The molecule has 0 unspecified atom stereocenters. The zero-order chi connectivity index (χ0) is 23.9. The Morgan fingerprint density at radius 3 is 2.24 bits per heavy atom. The summed E-state index contributed by atoms with van der Waals surface area (Å²) in [6.45, 7) is 19.9. The van der Waals surface area contributed by atoms with Gasteiger partial charge >= 0.3 is 0 Å². The van der Waals surface area contributed by atoms with Gasteiger partial charge in [0.1, 0.15) is 6.54 Å². The molecule has 0 N–H and O–H groups in total. The highest BCUT2D eigenvalue weighted by Crippen LogP contribution is 2.35. The van der Waals surface area contributed by atoms with Gasteiger partial charge < -0.3 is 4.74 Å². The Balaban J connectivity index is 1.62. The molecule has 33 heavy (non-hydrogen) atoms. The van der Waals surface area contributed by atoms with E-state index in [4.69, 9.17) is 4.74 Å². The Kier molecular flexibility index (Phi) is 7.00. The molecule has 1 fully saturated rings. The lowest BCUT2D eigenvalue weighted by molar-refractivity contribution is -0.663. The maximum atomic E-state index is 6.58. The SMILES string of the molecule is Cc1c(C)c(C)c(C[n+]2cn(CO[C@H]3C[C@H](C(C)C)CC[C@@H]3C)c3ccccc32)c(C)c1C. The molecule has 0 aliphatic heterocycles.